The van der Waals surface area contributed by atoms with E-state index in [1.165, 1.54) is 71.4 Å². The Morgan fingerprint density at radius 1 is 1.10 bits per heavy atom. The van der Waals surface area contributed by atoms with Crippen LogP contribution < -0.4 is 15.2 Å². The number of alkyl halides is 1. The van der Waals surface area contributed by atoms with Gasteiger partial charge in [0.2, 0.25) is 5.78 Å². The van der Waals surface area contributed by atoms with E-state index < -0.39 is 24.1 Å². The van der Waals surface area contributed by atoms with Gasteiger partial charge in [-0.2, -0.15) is 5.10 Å². The van der Waals surface area contributed by atoms with E-state index in [-0.39, 0.29) is 50.0 Å². The van der Waals surface area contributed by atoms with Gasteiger partial charge in [0.05, 0.1) is 39.9 Å². The number of anilines is 2. The molecule has 5 aromatic rings. The van der Waals surface area contributed by atoms with Crippen molar-refractivity contribution in [2.75, 3.05) is 22.9 Å². The molecule has 0 bridgehead atoms. The van der Waals surface area contributed by atoms with Crippen molar-refractivity contribution < 1.29 is 22.7 Å². The van der Waals surface area contributed by atoms with Gasteiger partial charge in [0, 0.05) is 28.8 Å². The molecule has 2 aromatic heterocycles. The van der Waals surface area contributed by atoms with Gasteiger partial charge in [0.25, 0.3) is 0 Å². The first kappa shape index (κ1) is 27.8. The van der Waals surface area contributed by atoms with Crippen molar-refractivity contribution in [3.8, 4) is 17.2 Å². The number of carbonyl (C=O) groups is 1. The molecule has 40 heavy (non-hydrogen) atoms. The Morgan fingerprint density at radius 2 is 1.85 bits per heavy atom. The van der Waals surface area contributed by atoms with Crippen LogP contribution in [0.25, 0.3) is 16.6 Å². The molecule has 0 amide bonds. The van der Waals surface area contributed by atoms with Gasteiger partial charge in [0.1, 0.15) is 23.1 Å². The second-order valence-corrected chi connectivity index (χ2v) is 10.3. The van der Waals surface area contributed by atoms with E-state index in [2.05, 4.69) is 14.8 Å². The zero-order chi connectivity index (χ0) is 28.4. The molecule has 7 nitrogen and oxygen atoms in total. The fourth-order valence-corrected chi connectivity index (χ4v) is 5.22. The van der Waals surface area contributed by atoms with Crippen molar-refractivity contribution in [3.05, 3.63) is 93.7 Å². The molecule has 0 unspecified atom stereocenters. The highest BCUT2D eigenvalue weighted by Gasteiger charge is 2.23. The molecule has 2 heterocycles. The standard InChI is InChI=1S/C27H20Cl2F3N5O2S/c28-17-10-15(39-24-5-2-1-4-19(24)31)11-18(29)25(17)37-27(33)16(13-34-37)26(38)23-9-14-8-20(32)22(12-21(14)35-23)36-40-7-3-6-30/h1-2,4-5,8-13,35-36H,3,6-7,33H2. The number of carbonyl (C=O) groups excluding carboxylic acids is 1. The molecule has 4 N–H and O–H groups in total. The van der Waals surface area contributed by atoms with Gasteiger partial charge in [-0.15, -0.1) is 0 Å². The molecule has 13 heteroatoms. The molecule has 0 fully saturated rings. The van der Waals surface area contributed by atoms with Crippen LogP contribution in [-0.4, -0.2) is 33.0 Å². The number of rotatable bonds is 10. The van der Waals surface area contributed by atoms with Gasteiger partial charge in [-0.25, -0.2) is 13.5 Å². The third kappa shape index (κ3) is 5.58. The van der Waals surface area contributed by atoms with E-state index in [1.54, 1.807) is 6.07 Å². The first-order valence-corrected chi connectivity index (χ1v) is 13.6. The highest BCUT2D eigenvalue weighted by molar-refractivity contribution is 8.00. The van der Waals surface area contributed by atoms with Crippen LogP contribution in [0.2, 0.25) is 10.0 Å². The molecule has 5 rings (SSSR count). The fourth-order valence-electron chi connectivity index (χ4n) is 3.92. The number of aromatic amines is 1. The van der Waals surface area contributed by atoms with E-state index in [0.717, 1.165) is 0 Å². The third-order valence-corrected chi connectivity index (χ3v) is 7.27. The number of nitrogens with zero attached hydrogens (tertiary/aromatic N) is 2. The Labute approximate surface area is 240 Å². The number of para-hydroxylation sites is 1. The molecular weight excluding hydrogens is 586 g/mol. The molecule has 0 spiro atoms. The minimum Gasteiger partial charge on any atom is -0.454 e. The molecule has 0 atom stereocenters. The zero-order valence-electron chi connectivity index (χ0n) is 20.5. The summed E-state index contributed by atoms with van der Waals surface area (Å²) in [6.07, 6.45) is 1.62. The van der Waals surface area contributed by atoms with Crippen LogP contribution in [0, 0.1) is 11.6 Å². The van der Waals surface area contributed by atoms with Crippen LogP contribution in [0.3, 0.4) is 0 Å². The molecule has 0 aliphatic rings. The number of halogens is 5. The number of fused-ring (bicyclic) bond motifs is 1. The average molecular weight is 606 g/mol. The van der Waals surface area contributed by atoms with Crippen molar-refractivity contribution in [1.29, 1.82) is 0 Å². The summed E-state index contributed by atoms with van der Waals surface area (Å²) < 4.78 is 50.4. The summed E-state index contributed by atoms with van der Waals surface area (Å²) in [7, 11) is 0. The number of nitrogens with one attached hydrogen (secondary N) is 2. The lowest BCUT2D eigenvalue weighted by Gasteiger charge is -2.13. The van der Waals surface area contributed by atoms with E-state index in [0.29, 0.717) is 23.1 Å². The highest BCUT2D eigenvalue weighted by atomic mass is 35.5. The quantitative estimate of drug-likeness (QED) is 0.0848. The summed E-state index contributed by atoms with van der Waals surface area (Å²) in [5.41, 5.74) is 7.42. The van der Waals surface area contributed by atoms with Crippen molar-refractivity contribution in [3.63, 3.8) is 0 Å². The van der Waals surface area contributed by atoms with Crippen LogP contribution in [0.4, 0.5) is 24.7 Å². The number of nitrogens with two attached hydrogens (primary N) is 1. The number of benzene rings is 3. The minimum absolute atomic E-state index is 0.00876. The molecule has 206 valence electrons. The molecule has 0 saturated carbocycles. The van der Waals surface area contributed by atoms with Crippen molar-refractivity contribution in [2.24, 2.45) is 0 Å². The van der Waals surface area contributed by atoms with Gasteiger partial charge in [0.15, 0.2) is 11.6 Å². The lowest BCUT2D eigenvalue weighted by molar-refractivity contribution is 0.103. The molecular formula is C27H20Cl2F3N5O2S. The number of ether oxygens (including phenoxy) is 1. The lowest BCUT2D eigenvalue weighted by Crippen LogP contribution is -2.08. The van der Waals surface area contributed by atoms with Crippen LogP contribution >= 0.6 is 35.1 Å². The molecule has 0 radical (unpaired) electrons. The second-order valence-electron chi connectivity index (χ2n) is 8.55. The van der Waals surface area contributed by atoms with Gasteiger partial charge in [-0.05, 0) is 36.8 Å². The maximum absolute atomic E-state index is 14.5. The fraction of sp³-hybridized carbons (Fsp3) is 0.111. The SMILES string of the molecule is Nc1c(C(=O)c2cc3cc(F)c(NSCCCF)cc3[nH]2)cnn1-c1c(Cl)cc(Oc2ccccc2F)cc1Cl. The summed E-state index contributed by atoms with van der Waals surface area (Å²) >= 11 is 14.1. The number of ketones is 1. The summed E-state index contributed by atoms with van der Waals surface area (Å²) in [4.78, 5) is 16.3. The van der Waals surface area contributed by atoms with E-state index >= 15 is 0 Å². The normalized spacial score (nSPS) is 11.2. The summed E-state index contributed by atoms with van der Waals surface area (Å²) in [5, 5.41) is 4.87. The Kier molecular flexibility index (Phi) is 8.15. The number of hydrogen-bond acceptors (Lipinski definition) is 6. The van der Waals surface area contributed by atoms with Crippen molar-refractivity contribution in [1.82, 2.24) is 14.8 Å². The average Bonchev–Trinajstić information content (AvgIpc) is 3.50. The predicted octanol–water partition coefficient (Wildman–Crippen LogP) is 7.96. The van der Waals surface area contributed by atoms with Crippen LogP contribution in [0.5, 0.6) is 11.5 Å². The maximum atomic E-state index is 14.5. The lowest BCUT2D eigenvalue weighted by atomic mass is 10.1. The summed E-state index contributed by atoms with van der Waals surface area (Å²) in [6, 6.07) is 13.0. The predicted molar refractivity (Wildman–Crippen MR) is 153 cm³/mol. The summed E-state index contributed by atoms with van der Waals surface area (Å²) in [6.45, 7) is -0.453. The number of nitrogen functional groups attached to an aromatic ring is 1. The first-order valence-electron chi connectivity index (χ1n) is 11.8. The van der Waals surface area contributed by atoms with E-state index in [4.69, 9.17) is 33.7 Å². The Balaban J connectivity index is 1.40. The van der Waals surface area contributed by atoms with Crippen LogP contribution in [0.1, 0.15) is 22.5 Å². The van der Waals surface area contributed by atoms with E-state index in [1.807, 2.05) is 0 Å². The van der Waals surface area contributed by atoms with Crippen molar-refractivity contribution in [2.45, 2.75) is 6.42 Å². The Bertz CT molecular complexity index is 1700. The monoisotopic (exact) mass is 605 g/mol. The Hall–Kier alpha value is -3.80. The van der Waals surface area contributed by atoms with Crippen LogP contribution in [-0.2, 0) is 0 Å². The van der Waals surface area contributed by atoms with Gasteiger partial charge >= 0.3 is 0 Å². The highest BCUT2D eigenvalue weighted by Crippen LogP contribution is 2.37. The maximum Gasteiger partial charge on any atom is 0.214 e. The zero-order valence-corrected chi connectivity index (χ0v) is 22.8. The largest absolute Gasteiger partial charge is 0.454 e. The Morgan fingerprint density at radius 3 is 2.58 bits per heavy atom. The smallest absolute Gasteiger partial charge is 0.214 e. The number of hydrogen-bond donors (Lipinski definition) is 3. The second kappa shape index (κ2) is 11.7. The third-order valence-electron chi connectivity index (χ3n) is 5.83. The van der Waals surface area contributed by atoms with Gasteiger partial charge in [-0.1, -0.05) is 47.3 Å². The number of aromatic nitrogens is 3. The molecule has 0 saturated heterocycles. The van der Waals surface area contributed by atoms with Gasteiger partial charge in [-0.3, -0.25) is 9.18 Å². The summed E-state index contributed by atoms with van der Waals surface area (Å²) in [5.74, 6) is -0.945. The molecule has 0 aliphatic heterocycles. The first-order chi connectivity index (χ1) is 19.3. The van der Waals surface area contributed by atoms with Crippen LogP contribution in [0.15, 0.2) is 60.8 Å². The molecule has 3 aromatic carbocycles. The topological polar surface area (TPSA) is 98.0 Å². The van der Waals surface area contributed by atoms with E-state index in [9.17, 15) is 18.0 Å². The number of H-pyrrole nitrogens is 1. The van der Waals surface area contributed by atoms with Gasteiger partial charge < -0.3 is 20.2 Å². The van der Waals surface area contributed by atoms with Crippen molar-refractivity contribution >= 4 is 63.3 Å². The minimum atomic E-state index is -0.557. The molecule has 0 aliphatic carbocycles.